The first-order chi connectivity index (χ1) is 7.70. The first-order valence-electron chi connectivity index (χ1n) is 4.93. The molecule has 1 heterocycles. The molecule has 0 unspecified atom stereocenters. The Balaban J connectivity index is 2.85. The molecule has 0 aliphatic heterocycles. The normalized spacial score (nSPS) is 10.2. The third-order valence-corrected chi connectivity index (χ3v) is 2.58. The van der Waals surface area contributed by atoms with Gasteiger partial charge in [0.1, 0.15) is 5.01 Å². The van der Waals surface area contributed by atoms with Gasteiger partial charge in [0.2, 0.25) is 5.92 Å². The molecule has 0 aliphatic carbocycles. The summed E-state index contributed by atoms with van der Waals surface area (Å²) in [5, 5.41) is 2.10. The van der Waals surface area contributed by atoms with Crippen LogP contribution in [0.25, 0.3) is 0 Å². The minimum Gasteiger partial charge on any atom is -0.465 e. The van der Waals surface area contributed by atoms with E-state index in [1.165, 1.54) is 17.5 Å². The predicted octanol–water partition coefficient (Wildman–Crippen LogP) is 1.35. The van der Waals surface area contributed by atoms with Crippen LogP contribution in [0.5, 0.6) is 0 Å². The van der Waals surface area contributed by atoms with Gasteiger partial charge in [0.25, 0.3) is 0 Å². The van der Waals surface area contributed by atoms with Crippen molar-refractivity contribution in [3.8, 4) is 0 Å². The number of ether oxygens (including phenoxy) is 2. The molecule has 16 heavy (non-hydrogen) atoms. The number of carbonyl (C=O) groups is 2. The molecule has 0 amide bonds. The molecule has 1 aromatic heterocycles. The van der Waals surface area contributed by atoms with Gasteiger partial charge in [0.05, 0.1) is 13.2 Å². The van der Waals surface area contributed by atoms with E-state index in [2.05, 4.69) is 4.98 Å². The average molecular weight is 243 g/mol. The van der Waals surface area contributed by atoms with Gasteiger partial charge in [-0.25, -0.2) is 4.98 Å². The van der Waals surface area contributed by atoms with Crippen LogP contribution in [0.1, 0.15) is 24.8 Å². The third-order valence-electron chi connectivity index (χ3n) is 1.74. The summed E-state index contributed by atoms with van der Waals surface area (Å²) in [7, 11) is 0. The number of hydrogen-bond acceptors (Lipinski definition) is 6. The molecule has 0 radical (unpaired) electrons. The summed E-state index contributed by atoms with van der Waals surface area (Å²) >= 11 is 1.23. The maximum atomic E-state index is 11.6. The van der Waals surface area contributed by atoms with Crippen molar-refractivity contribution in [3.63, 3.8) is 0 Å². The second-order valence-corrected chi connectivity index (χ2v) is 3.73. The van der Waals surface area contributed by atoms with E-state index in [-0.39, 0.29) is 13.2 Å². The number of carbonyl (C=O) groups excluding carboxylic acids is 2. The minimum absolute atomic E-state index is 0.222. The minimum atomic E-state index is -1.06. The van der Waals surface area contributed by atoms with Gasteiger partial charge in [-0.15, -0.1) is 11.3 Å². The summed E-state index contributed by atoms with van der Waals surface area (Å²) in [6.45, 7) is 3.81. The zero-order valence-corrected chi connectivity index (χ0v) is 9.95. The van der Waals surface area contributed by atoms with E-state index in [4.69, 9.17) is 9.47 Å². The lowest BCUT2D eigenvalue weighted by molar-refractivity contribution is -0.156. The second kappa shape index (κ2) is 6.22. The van der Waals surface area contributed by atoms with Crippen molar-refractivity contribution in [1.29, 1.82) is 0 Å². The van der Waals surface area contributed by atoms with Crippen LogP contribution in [0.3, 0.4) is 0 Å². The summed E-state index contributed by atoms with van der Waals surface area (Å²) in [5.74, 6) is -2.29. The van der Waals surface area contributed by atoms with Crippen molar-refractivity contribution in [1.82, 2.24) is 4.98 Å². The molecule has 0 atom stereocenters. The number of thiazole rings is 1. The van der Waals surface area contributed by atoms with E-state index < -0.39 is 17.9 Å². The Bertz CT molecular complexity index is 332. The Labute approximate surface area is 97.4 Å². The highest BCUT2D eigenvalue weighted by Gasteiger charge is 2.33. The van der Waals surface area contributed by atoms with Gasteiger partial charge in [-0.2, -0.15) is 0 Å². The Kier molecular flexibility index (Phi) is 4.91. The molecule has 0 spiro atoms. The molecule has 6 heteroatoms. The van der Waals surface area contributed by atoms with E-state index in [0.29, 0.717) is 5.01 Å². The molecule has 5 nitrogen and oxygen atoms in total. The third kappa shape index (κ3) is 3.03. The number of esters is 2. The van der Waals surface area contributed by atoms with E-state index in [9.17, 15) is 9.59 Å². The van der Waals surface area contributed by atoms with E-state index in [1.54, 1.807) is 19.2 Å². The van der Waals surface area contributed by atoms with Crippen LogP contribution in [0.4, 0.5) is 0 Å². The van der Waals surface area contributed by atoms with Gasteiger partial charge in [0, 0.05) is 11.6 Å². The fourth-order valence-corrected chi connectivity index (χ4v) is 1.84. The van der Waals surface area contributed by atoms with Gasteiger partial charge < -0.3 is 9.47 Å². The highest BCUT2D eigenvalue weighted by molar-refractivity contribution is 7.09. The Morgan fingerprint density at radius 3 is 2.25 bits per heavy atom. The van der Waals surface area contributed by atoms with Crippen molar-refractivity contribution in [2.45, 2.75) is 19.8 Å². The Hall–Kier alpha value is -1.43. The van der Waals surface area contributed by atoms with Crippen LogP contribution < -0.4 is 0 Å². The Morgan fingerprint density at radius 2 is 1.88 bits per heavy atom. The largest absolute Gasteiger partial charge is 0.465 e. The lowest BCUT2D eigenvalue weighted by Crippen LogP contribution is -2.26. The van der Waals surface area contributed by atoms with E-state index >= 15 is 0 Å². The fraction of sp³-hybridized carbons (Fsp3) is 0.500. The van der Waals surface area contributed by atoms with Gasteiger partial charge in [-0.3, -0.25) is 9.59 Å². The predicted molar refractivity (Wildman–Crippen MR) is 58.1 cm³/mol. The Morgan fingerprint density at radius 1 is 1.31 bits per heavy atom. The topological polar surface area (TPSA) is 65.5 Å². The molecule has 0 fully saturated rings. The molecule has 88 valence electrons. The lowest BCUT2D eigenvalue weighted by atomic mass is 10.1. The molecular formula is C10H13NO4S. The first-order valence-corrected chi connectivity index (χ1v) is 5.81. The van der Waals surface area contributed by atoms with Crippen molar-refractivity contribution in [2.24, 2.45) is 0 Å². The summed E-state index contributed by atoms with van der Waals surface area (Å²) in [6.07, 6.45) is 1.53. The van der Waals surface area contributed by atoms with Crippen molar-refractivity contribution < 1.29 is 19.1 Å². The molecule has 0 aromatic carbocycles. The number of hydrogen-bond donors (Lipinski definition) is 0. The van der Waals surface area contributed by atoms with Crippen LogP contribution in [0.15, 0.2) is 11.6 Å². The van der Waals surface area contributed by atoms with Crippen molar-refractivity contribution in [2.75, 3.05) is 13.2 Å². The smallest absolute Gasteiger partial charge is 0.327 e. The lowest BCUT2D eigenvalue weighted by Gasteiger charge is -2.11. The van der Waals surface area contributed by atoms with Crippen LogP contribution >= 0.6 is 11.3 Å². The van der Waals surface area contributed by atoms with Gasteiger partial charge in [0.15, 0.2) is 0 Å². The zero-order valence-electron chi connectivity index (χ0n) is 9.13. The standard InChI is InChI=1S/C10H13NO4S/c1-3-14-9(12)7(10(13)15-4-2)8-11-5-6-16-8/h5-7H,3-4H2,1-2H3. The molecule has 0 saturated heterocycles. The van der Waals surface area contributed by atoms with Gasteiger partial charge in [-0.1, -0.05) is 0 Å². The molecule has 0 bridgehead atoms. The molecule has 0 saturated carbocycles. The summed E-state index contributed by atoms with van der Waals surface area (Å²) in [4.78, 5) is 27.1. The maximum Gasteiger partial charge on any atom is 0.327 e. The van der Waals surface area contributed by atoms with Crippen LogP contribution in [-0.4, -0.2) is 30.1 Å². The van der Waals surface area contributed by atoms with Crippen LogP contribution in [0, 0.1) is 0 Å². The monoisotopic (exact) mass is 243 g/mol. The van der Waals surface area contributed by atoms with Crippen LogP contribution in [-0.2, 0) is 19.1 Å². The maximum absolute atomic E-state index is 11.6. The highest BCUT2D eigenvalue weighted by Crippen LogP contribution is 2.21. The van der Waals surface area contributed by atoms with Crippen LogP contribution in [0.2, 0.25) is 0 Å². The molecule has 1 aromatic rings. The molecule has 0 aliphatic rings. The summed E-state index contributed by atoms with van der Waals surface area (Å²) in [5.41, 5.74) is 0. The second-order valence-electron chi connectivity index (χ2n) is 2.81. The van der Waals surface area contributed by atoms with Crippen molar-refractivity contribution >= 4 is 23.3 Å². The average Bonchev–Trinajstić information content (AvgIpc) is 2.72. The molecule has 0 N–H and O–H groups in total. The molecule has 1 rings (SSSR count). The number of nitrogens with zero attached hydrogens (tertiary/aromatic N) is 1. The van der Waals surface area contributed by atoms with Gasteiger partial charge in [-0.05, 0) is 13.8 Å². The van der Waals surface area contributed by atoms with E-state index in [0.717, 1.165) is 0 Å². The highest BCUT2D eigenvalue weighted by atomic mass is 32.1. The summed E-state index contributed by atoms with van der Waals surface area (Å²) in [6, 6.07) is 0. The first kappa shape index (κ1) is 12.6. The van der Waals surface area contributed by atoms with E-state index in [1.807, 2.05) is 0 Å². The number of aromatic nitrogens is 1. The number of rotatable bonds is 5. The van der Waals surface area contributed by atoms with Gasteiger partial charge >= 0.3 is 11.9 Å². The van der Waals surface area contributed by atoms with Crippen molar-refractivity contribution in [3.05, 3.63) is 16.6 Å². The quantitative estimate of drug-likeness (QED) is 0.577. The summed E-state index contributed by atoms with van der Waals surface area (Å²) < 4.78 is 9.64. The SMILES string of the molecule is CCOC(=O)C(C(=O)OCC)c1nccs1. The zero-order chi connectivity index (χ0) is 12.0. The fourth-order valence-electron chi connectivity index (χ4n) is 1.13. The molecular weight excluding hydrogens is 230 g/mol.